The molecule has 0 spiro atoms. The van der Waals surface area contributed by atoms with Crippen molar-refractivity contribution in [3.63, 3.8) is 0 Å². The lowest BCUT2D eigenvalue weighted by Gasteiger charge is -2.18. The molecular weight excluding hydrogens is 218 g/mol. The summed E-state index contributed by atoms with van der Waals surface area (Å²) in [6.07, 6.45) is 2.53. The Bertz CT molecular complexity index is 328. The molecular formula is C9H13NO2S2. The minimum atomic E-state index is -0.682. The van der Waals surface area contributed by atoms with Crippen molar-refractivity contribution in [1.82, 2.24) is 4.98 Å². The quantitative estimate of drug-likeness (QED) is 0.843. The van der Waals surface area contributed by atoms with E-state index in [9.17, 15) is 5.11 Å². The van der Waals surface area contributed by atoms with Crippen molar-refractivity contribution < 1.29 is 9.84 Å². The van der Waals surface area contributed by atoms with Crippen LogP contribution in [0.15, 0.2) is 6.20 Å². The van der Waals surface area contributed by atoms with Crippen LogP contribution in [0, 0.1) is 0 Å². The Hall–Kier alpha value is -0.260. The van der Waals surface area contributed by atoms with E-state index in [-0.39, 0.29) is 0 Å². The molecule has 78 valence electrons. The number of nitrogens with zero attached hydrogens (tertiary/aromatic N) is 1. The number of ether oxygens (including phenoxy) is 1. The summed E-state index contributed by atoms with van der Waals surface area (Å²) in [6, 6.07) is 0. The van der Waals surface area contributed by atoms with Gasteiger partial charge in [0.05, 0.1) is 12.0 Å². The van der Waals surface area contributed by atoms with Crippen LogP contribution in [0.25, 0.3) is 0 Å². The predicted octanol–water partition coefficient (Wildman–Crippen LogP) is 1.86. The molecule has 1 aromatic rings. The number of aromatic nitrogens is 1. The van der Waals surface area contributed by atoms with Gasteiger partial charge >= 0.3 is 0 Å². The number of hydrogen-bond acceptors (Lipinski definition) is 5. The van der Waals surface area contributed by atoms with Gasteiger partial charge in [-0.2, -0.15) is 11.8 Å². The Labute approximate surface area is 91.5 Å². The van der Waals surface area contributed by atoms with E-state index in [2.05, 4.69) is 11.9 Å². The molecule has 14 heavy (non-hydrogen) atoms. The maximum absolute atomic E-state index is 10.3. The van der Waals surface area contributed by atoms with Crippen LogP contribution in [0.4, 0.5) is 0 Å². The van der Waals surface area contributed by atoms with Gasteiger partial charge in [0.2, 0.25) is 0 Å². The van der Waals surface area contributed by atoms with Gasteiger partial charge in [-0.15, -0.1) is 0 Å². The third-order valence-electron chi connectivity index (χ3n) is 2.35. The number of methoxy groups -OCH3 is 1. The molecule has 1 aromatic heterocycles. The normalized spacial score (nSPS) is 32.1. The average molecular weight is 231 g/mol. The maximum Gasteiger partial charge on any atom is 0.273 e. The van der Waals surface area contributed by atoms with E-state index < -0.39 is 5.60 Å². The zero-order valence-corrected chi connectivity index (χ0v) is 9.82. The molecule has 5 heteroatoms. The lowest BCUT2D eigenvalue weighted by molar-refractivity contribution is 0.0648. The molecule has 2 unspecified atom stereocenters. The Morgan fingerprint density at radius 1 is 1.71 bits per heavy atom. The summed E-state index contributed by atoms with van der Waals surface area (Å²) in [6.45, 7) is 2.14. The van der Waals surface area contributed by atoms with Crippen molar-refractivity contribution in [3.05, 3.63) is 11.1 Å². The molecule has 0 saturated carbocycles. The molecule has 0 radical (unpaired) electrons. The fourth-order valence-electron chi connectivity index (χ4n) is 1.61. The minimum Gasteiger partial charge on any atom is -0.473 e. The zero-order chi connectivity index (χ0) is 10.2. The molecule has 2 heterocycles. The zero-order valence-electron chi connectivity index (χ0n) is 8.19. The van der Waals surface area contributed by atoms with E-state index in [0.717, 1.165) is 17.1 Å². The van der Waals surface area contributed by atoms with Gasteiger partial charge in [0, 0.05) is 17.2 Å². The van der Waals surface area contributed by atoms with Crippen LogP contribution in [0.3, 0.4) is 0 Å². The highest BCUT2D eigenvalue weighted by Gasteiger charge is 2.39. The van der Waals surface area contributed by atoms with Crippen molar-refractivity contribution in [2.24, 2.45) is 0 Å². The van der Waals surface area contributed by atoms with Gasteiger partial charge in [0.25, 0.3) is 5.19 Å². The van der Waals surface area contributed by atoms with Crippen molar-refractivity contribution >= 4 is 23.1 Å². The highest BCUT2D eigenvalue weighted by Crippen LogP contribution is 2.43. The van der Waals surface area contributed by atoms with Crippen molar-refractivity contribution in [2.45, 2.75) is 24.2 Å². The van der Waals surface area contributed by atoms with Gasteiger partial charge in [0.15, 0.2) is 0 Å². The van der Waals surface area contributed by atoms with Gasteiger partial charge in [-0.1, -0.05) is 18.3 Å². The second-order valence-corrected chi connectivity index (χ2v) is 5.97. The second kappa shape index (κ2) is 3.72. The SMILES string of the molecule is COc1ncc(C2(O)CSC(C)C2)s1. The highest BCUT2D eigenvalue weighted by atomic mass is 32.2. The molecule has 0 aliphatic carbocycles. The van der Waals surface area contributed by atoms with E-state index >= 15 is 0 Å². The molecule has 0 aromatic carbocycles. The van der Waals surface area contributed by atoms with E-state index in [1.807, 2.05) is 0 Å². The minimum absolute atomic E-state index is 0.521. The summed E-state index contributed by atoms with van der Waals surface area (Å²) in [5, 5.41) is 11.5. The summed E-state index contributed by atoms with van der Waals surface area (Å²) in [5.41, 5.74) is -0.682. The van der Waals surface area contributed by atoms with Crippen LogP contribution < -0.4 is 4.74 Å². The monoisotopic (exact) mass is 231 g/mol. The summed E-state index contributed by atoms with van der Waals surface area (Å²) >= 11 is 3.24. The standard InChI is InChI=1S/C9H13NO2S2/c1-6-3-9(11,5-13-6)7-4-10-8(12-2)14-7/h4,6,11H,3,5H2,1-2H3. The summed E-state index contributed by atoms with van der Waals surface area (Å²) < 4.78 is 5.02. The summed E-state index contributed by atoms with van der Waals surface area (Å²) in [7, 11) is 1.60. The van der Waals surface area contributed by atoms with Crippen LogP contribution >= 0.6 is 23.1 Å². The smallest absolute Gasteiger partial charge is 0.273 e. The van der Waals surface area contributed by atoms with Gasteiger partial charge < -0.3 is 9.84 Å². The van der Waals surface area contributed by atoms with E-state index in [1.54, 1.807) is 25.1 Å². The fourth-order valence-corrected chi connectivity index (χ4v) is 3.76. The third-order valence-corrected chi connectivity index (χ3v) is 4.88. The Kier molecular flexibility index (Phi) is 2.72. The molecule has 2 rings (SSSR count). The van der Waals surface area contributed by atoms with Crippen molar-refractivity contribution in [3.8, 4) is 5.19 Å². The maximum atomic E-state index is 10.3. The van der Waals surface area contributed by atoms with E-state index in [1.165, 1.54) is 11.3 Å². The molecule has 1 N–H and O–H groups in total. The average Bonchev–Trinajstić information content (AvgIpc) is 2.73. The Morgan fingerprint density at radius 3 is 3.00 bits per heavy atom. The van der Waals surface area contributed by atoms with Gasteiger partial charge in [-0.25, -0.2) is 4.98 Å². The van der Waals surface area contributed by atoms with Crippen LogP contribution in [0.2, 0.25) is 0 Å². The fraction of sp³-hybridized carbons (Fsp3) is 0.667. The van der Waals surface area contributed by atoms with Gasteiger partial charge in [-0.3, -0.25) is 0 Å². The Balaban J connectivity index is 2.21. The number of aliphatic hydroxyl groups is 1. The summed E-state index contributed by atoms with van der Waals surface area (Å²) in [5.74, 6) is 0.763. The van der Waals surface area contributed by atoms with Gasteiger partial charge in [0.1, 0.15) is 5.60 Å². The van der Waals surface area contributed by atoms with Crippen LogP contribution in [0.1, 0.15) is 18.2 Å². The molecule has 0 bridgehead atoms. The number of rotatable bonds is 2. The second-order valence-electron chi connectivity index (χ2n) is 3.55. The molecule has 1 saturated heterocycles. The molecule has 1 aliphatic rings. The highest BCUT2D eigenvalue weighted by molar-refractivity contribution is 8.00. The molecule has 3 nitrogen and oxygen atoms in total. The van der Waals surface area contributed by atoms with Crippen molar-refractivity contribution in [1.29, 1.82) is 0 Å². The first-order valence-electron chi connectivity index (χ1n) is 4.48. The molecule has 1 aliphatic heterocycles. The molecule has 2 atom stereocenters. The predicted molar refractivity (Wildman–Crippen MR) is 59.1 cm³/mol. The first-order chi connectivity index (χ1) is 6.64. The summed E-state index contributed by atoms with van der Waals surface area (Å²) in [4.78, 5) is 5.00. The topological polar surface area (TPSA) is 42.4 Å². The van der Waals surface area contributed by atoms with Crippen LogP contribution in [-0.2, 0) is 5.60 Å². The van der Waals surface area contributed by atoms with Crippen molar-refractivity contribution in [2.75, 3.05) is 12.9 Å². The molecule has 1 fully saturated rings. The lowest BCUT2D eigenvalue weighted by atomic mass is 10.00. The van der Waals surface area contributed by atoms with E-state index in [4.69, 9.17) is 4.74 Å². The van der Waals surface area contributed by atoms with Crippen LogP contribution in [0.5, 0.6) is 5.19 Å². The Morgan fingerprint density at radius 2 is 2.50 bits per heavy atom. The third kappa shape index (κ3) is 1.76. The molecule has 0 amide bonds. The van der Waals surface area contributed by atoms with E-state index in [0.29, 0.717) is 10.4 Å². The van der Waals surface area contributed by atoms with Crippen LogP contribution in [-0.4, -0.2) is 28.2 Å². The number of hydrogen-bond donors (Lipinski definition) is 1. The largest absolute Gasteiger partial charge is 0.473 e. The first-order valence-corrected chi connectivity index (χ1v) is 6.35. The van der Waals surface area contributed by atoms with Gasteiger partial charge in [-0.05, 0) is 6.42 Å². The first kappa shape index (κ1) is 10.3. The number of thiazole rings is 1. The number of thioether (sulfide) groups is 1. The lowest BCUT2D eigenvalue weighted by Crippen LogP contribution is -2.23.